The second-order valence-electron chi connectivity index (χ2n) is 3.99. The molecule has 1 aromatic heterocycles. The van der Waals surface area contributed by atoms with Crippen molar-refractivity contribution in [2.45, 2.75) is 39.8 Å². The summed E-state index contributed by atoms with van der Waals surface area (Å²) in [5.41, 5.74) is 1.26. The highest BCUT2D eigenvalue weighted by atomic mass is 15.3. The van der Waals surface area contributed by atoms with E-state index >= 15 is 0 Å². The van der Waals surface area contributed by atoms with Crippen molar-refractivity contribution in [3.63, 3.8) is 0 Å². The van der Waals surface area contributed by atoms with Gasteiger partial charge < -0.3 is 5.32 Å². The number of nitrogens with zero attached hydrogens (tertiary/aromatic N) is 2. The maximum Gasteiger partial charge on any atom is 0.0534 e. The van der Waals surface area contributed by atoms with E-state index in [4.69, 9.17) is 0 Å². The first-order valence-corrected chi connectivity index (χ1v) is 5.42. The molecule has 1 atom stereocenters. The number of rotatable bonds is 6. The molecule has 0 fully saturated rings. The van der Waals surface area contributed by atoms with Crippen LogP contribution in [0.25, 0.3) is 0 Å². The van der Waals surface area contributed by atoms with E-state index in [1.165, 1.54) is 18.4 Å². The van der Waals surface area contributed by atoms with Crippen LogP contribution in [-0.4, -0.2) is 16.8 Å². The third-order valence-corrected chi connectivity index (χ3v) is 2.35. The second kappa shape index (κ2) is 5.81. The highest BCUT2D eigenvalue weighted by molar-refractivity contribution is 5.02. The van der Waals surface area contributed by atoms with Gasteiger partial charge in [0.05, 0.1) is 6.20 Å². The highest BCUT2D eigenvalue weighted by Crippen LogP contribution is 2.08. The first kappa shape index (κ1) is 11.2. The van der Waals surface area contributed by atoms with Crippen molar-refractivity contribution >= 4 is 0 Å². The van der Waals surface area contributed by atoms with E-state index in [1.54, 1.807) is 0 Å². The van der Waals surface area contributed by atoms with Gasteiger partial charge in [-0.05, 0) is 19.4 Å². The maximum atomic E-state index is 4.33. The van der Waals surface area contributed by atoms with Crippen molar-refractivity contribution in [3.8, 4) is 0 Å². The molecule has 80 valence electrons. The average molecular weight is 195 g/mol. The summed E-state index contributed by atoms with van der Waals surface area (Å²) in [6.07, 6.45) is 6.60. The van der Waals surface area contributed by atoms with Crippen molar-refractivity contribution < 1.29 is 0 Å². The van der Waals surface area contributed by atoms with Crippen molar-refractivity contribution in [3.05, 3.63) is 18.0 Å². The highest BCUT2D eigenvalue weighted by Gasteiger charge is 2.03. The Morgan fingerprint density at radius 1 is 1.57 bits per heavy atom. The van der Waals surface area contributed by atoms with E-state index in [-0.39, 0.29) is 0 Å². The van der Waals surface area contributed by atoms with Gasteiger partial charge in [-0.2, -0.15) is 5.10 Å². The predicted molar refractivity (Wildman–Crippen MR) is 59.1 cm³/mol. The molecular weight excluding hydrogens is 174 g/mol. The number of hydrogen-bond acceptors (Lipinski definition) is 2. The summed E-state index contributed by atoms with van der Waals surface area (Å²) in [5, 5.41) is 7.46. The van der Waals surface area contributed by atoms with Gasteiger partial charge in [0.25, 0.3) is 0 Å². The molecule has 0 saturated heterocycles. The molecule has 0 aromatic carbocycles. The number of nitrogens with one attached hydrogen (secondary N) is 1. The molecule has 1 unspecified atom stereocenters. The van der Waals surface area contributed by atoms with E-state index < -0.39 is 0 Å². The largest absolute Gasteiger partial charge is 0.316 e. The summed E-state index contributed by atoms with van der Waals surface area (Å²) in [6.45, 7) is 6.45. The monoisotopic (exact) mass is 195 g/mol. The van der Waals surface area contributed by atoms with Crippen LogP contribution in [0.3, 0.4) is 0 Å². The normalized spacial score (nSPS) is 13.1. The predicted octanol–water partition coefficient (Wildman–Crippen LogP) is 2.04. The summed E-state index contributed by atoms with van der Waals surface area (Å²) in [5.74, 6) is 0.724. The lowest BCUT2D eigenvalue weighted by atomic mass is 10.1. The van der Waals surface area contributed by atoms with E-state index in [2.05, 4.69) is 30.5 Å². The Balaban J connectivity index is 2.42. The molecular formula is C11H21N3. The Bertz CT molecular complexity index is 255. The SMILES string of the molecule is CCCC(C)Cn1cc(CNC)cn1. The molecule has 0 radical (unpaired) electrons. The summed E-state index contributed by atoms with van der Waals surface area (Å²) in [4.78, 5) is 0. The lowest BCUT2D eigenvalue weighted by molar-refractivity contribution is 0.420. The fourth-order valence-electron chi connectivity index (χ4n) is 1.71. The topological polar surface area (TPSA) is 29.9 Å². The van der Waals surface area contributed by atoms with E-state index in [0.29, 0.717) is 0 Å². The minimum absolute atomic E-state index is 0.724. The minimum atomic E-state index is 0.724. The van der Waals surface area contributed by atoms with Crippen LogP contribution < -0.4 is 5.32 Å². The fraction of sp³-hybridized carbons (Fsp3) is 0.727. The second-order valence-corrected chi connectivity index (χ2v) is 3.99. The van der Waals surface area contributed by atoms with Gasteiger partial charge in [0.2, 0.25) is 0 Å². The minimum Gasteiger partial charge on any atom is -0.316 e. The first-order valence-electron chi connectivity index (χ1n) is 5.42. The van der Waals surface area contributed by atoms with Crippen molar-refractivity contribution in [2.75, 3.05) is 7.05 Å². The zero-order valence-electron chi connectivity index (χ0n) is 9.45. The Morgan fingerprint density at radius 2 is 2.36 bits per heavy atom. The quantitative estimate of drug-likeness (QED) is 0.752. The van der Waals surface area contributed by atoms with Gasteiger partial charge in [0.1, 0.15) is 0 Å². The van der Waals surface area contributed by atoms with Gasteiger partial charge in [-0.25, -0.2) is 0 Å². The van der Waals surface area contributed by atoms with Crippen LogP contribution in [0.2, 0.25) is 0 Å². The van der Waals surface area contributed by atoms with Crippen molar-refractivity contribution in [1.82, 2.24) is 15.1 Å². The fourth-order valence-corrected chi connectivity index (χ4v) is 1.71. The molecule has 1 aromatic rings. The van der Waals surface area contributed by atoms with E-state index in [9.17, 15) is 0 Å². The van der Waals surface area contributed by atoms with Crippen LogP contribution in [0.5, 0.6) is 0 Å². The molecule has 0 aliphatic heterocycles. The number of aromatic nitrogens is 2. The zero-order chi connectivity index (χ0) is 10.4. The average Bonchev–Trinajstić information content (AvgIpc) is 2.53. The van der Waals surface area contributed by atoms with Gasteiger partial charge in [-0.15, -0.1) is 0 Å². The molecule has 0 aliphatic carbocycles. The third kappa shape index (κ3) is 3.50. The van der Waals surface area contributed by atoms with Crippen LogP contribution in [-0.2, 0) is 13.1 Å². The van der Waals surface area contributed by atoms with Crippen LogP contribution in [0.4, 0.5) is 0 Å². The van der Waals surface area contributed by atoms with Gasteiger partial charge in [0.15, 0.2) is 0 Å². The van der Waals surface area contributed by atoms with E-state index in [1.807, 2.05) is 17.9 Å². The molecule has 3 heteroatoms. The Labute approximate surface area is 86.5 Å². The lowest BCUT2D eigenvalue weighted by Gasteiger charge is -2.09. The van der Waals surface area contributed by atoms with Crippen LogP contribution in [0.1, 0.15) is 32.3 Å². The Morgan fingerprint density at radius 3 is 3.00 bits per heavy atom. The standard InChI is InChI=1S/C11H21N3/c1-4-5-10(2)8-14-9-11(6-12-3)7-13-14/h7,9-10,12H,4-6,8H2,1-3H3. The van der Waals surface area contributed by atoms with E-state index in [0.717, 1.165) is 19.0 Å². The van der Waals surface area contributed by atoms with Gasteiger partial charge >= 0.3 is 0 Å². The summed E-state index contributed by atoms with van der Waals surface area (Å²) < 4.78 is 2.05. The molecule has 3 nitrogen and oxygen atoms in total. The summed E-state index contributed by atoms with van der Waals surface area (Å²) in [7, 11) is 1.96. The lowest BCUT2D eigenvalue weighted by Crippen LogP contribution is -2.08. The maximum absolute atomic E-state index is 4.33. The molecule has 1 heterocycles. The first-order chi connectivity index (χ1) is 6.76. The number of hydrogen-bond donors (Lipinski definition) is 1. The molecule has 14 heavy (non-hydrogen) atoms. The third-order valence-electron chi connectivity index (χ3n) is 2.35. The van der Waals surface area contributed by atoms with Crippen LogP contribution in [0.15, 0.2) is 12.4 Å². The Kier molecular flexibility index (Phi) is 4.66. The summed E-state index contributed by atoms with van der Waals surface area (Å²) >= 11 is 0. The van der Waals surface area contributed by atoms with Crippen LogP contribution >= 0.6 is 0 Å². The molecule has 0 bridgehead atoms. The smallest absolute Gasteiger partial charge is 0.0534 e. The van der Waals surface area contributed by atoms with Crippen LogP contribution in [0, 0.1) is 5.92 Å². The molecule has 0 spiro atoms. The molecule has 0 aliphatic rings. The van der Waals surface area contributed by atoms with Gasteiger partial charge in [-0.1, -0.05) is 20.3 Å². The van der Waals surface area contributed by atoms with Crippen molar-refractivity contribution in [2.24, 2.45) is 5.92 Å². The Hall–Kier alpha value is -0.830. The van der Waals surface area contributed by atoms with Gasteiger partial charge in [0, 0.05) is 24.8 Å². The molecule has 0 amide bonds. The molecule has 1 rings (SSSR count). The summed E-state index contributed by atoms with van der Waals surface area (Å²) in [6, 6.07) is 0. The van der Waals surface area contributed by atoms with Crippen molar-refractivity contribution in [1.29, 1.82) is 0 Å². The molecule has 0 saturated carbocycles. The zero-order valence-corrected chi connectivity index (χ0v) is 9.45. The van der Waals surface area contributed by atoms with Gasteiger partial charge in [-0.3, -0.25) is 4.68 Å². The molecule has 1 N–H and O–H groups in total.